The number of hydrogen-bond donors (Lipinski definition) is 0. The van der Waals surface area contributed by atoms with E-state index in [9.17, 15) is 0 Å². The lowest BCUT2D eigenvalue weighted by Crippen LogP contribution is -2.00. The summed E-state index contributed by atoms with van der Waals surface area (Å²) in [5.74, 6) is 1.95. The number of benzene rings is 7. The van der Waals surface area contributed by atoms with Gasteiger partial charge in [0.1, 0.15) is 0 Å². The zero-order valence-electron chi connectivity index (χ0n) is 27.4. The quantitative estimate of drug-likeness (QED) is 0.171. The van der Waals surface area contributed by atoms with E-state index >= 15 is 0 Å². The van der Waals surface area contributed by atoms with E-state index in [2.05, 4.69) is 97.1 Å². The number of hydrogen-bond acceptors (Lipinski definition) is 5. The summed E-state index contributed by atoms with van der Waals surface area (Å²) < 4.78 is 2.56. The van der Waals surface area contributed by atoms with Gasteiger partial charge < -0.3 is 0 Å². The fourth-order valence-electron chi connectivity index (χ4n) is 7.09. The number of pyridine rings is 1. The van der Waals surface area contributed by atoms with Crippen molar-refractivity contribution < 1.29 is 0 Å². The largest absolute Gasteiger partial charge is 0.256 e. The highest BCUT2D eigenvalue weighted by Crippen LogP contribution is 2.44. The van der Waals surface area contributed by atoms with Crippen molar-refractivity contribution in [1.82, 2.24) is 19.9 Å². The van der Waals surface area contributed by atoms with Gasteiger partial charge in [0.05, 0.1) is 5.52 Å². The van der Waals surface area contributed by atoms with Gasteiger partial charge in [0.15, 0.2) is 17.5 Å². The highest BCUT2D eigenvalue weighted by molar-refractivity contribution is 7.26. The molecule has 0 aliphatic rings. The molecule has 3 aromatic heterocycles. The molecule has 238 valence electrons. The molecule has 10 rings (SSSR count). The molecule has 0 radical (unpaired) electrons. The summed E-state index contributed by atoms with van der Waals surface area (Å²) in [7, 11) is 0. The van der Waals surface area contributed by atoms with Gasteiger partial charge in [-0.2, -0.15) is 0 Å². The van der Waals surface area contributed by atoms with Gasteiger partial charge in [-0.15, -0.1) is 11.3 Å². The number of nitrogens with zero attached hydrogens (tertiary/aromatic N) is 4. The number of thiophene rings is 1. The van der Waals surface area contributed by atoms with Crippen LogP contribution >= 0.6 is 11.3 Å². The molecular weight excluding hydrogens is 641 g/mol. The third kappa shape index (κ3) is 5.14. The molecule has 5 heteroatoms. The van der Waals surface area contributed by atoms with Crippen molar-refractivity contribution in [3.63, 3.8) is 0 Å². The summed E-state index contributed by atoms with van der Waals surface area (Å²) in [6, 6.07) is 57.4. The first-order chi connectivity index (χ1) is 25.3. The fraction of sp³-hybridized carbons (Fsp3) is 0. The van der Waals surface area contributed by atoms with Crippen LogP contribution in [0.4, 0.5) is 0 Å². The molecule has 3 heterocycles. The van der Waals surface area contributed by atoms with Crippen LogP contribution in [0, 0.1) is 0 Å². The monoisotopic (exact) mass is 668 g/mol. The maximum absolute atomic E-state index is 4.96. The molecule has 0 aliphatic heterocycles. The second-order valence-corrected chi connectivity index (χ2v) is 13.7. The average molecular weight is 669 g/mol. The molecule has 0 bridgehead atoms. The molecule has 7 aromatic carbocycles. The fourth-order valence-corrected chi connectivity index (χ4v) is 8.31. The first kappa shape index (κ1) is 29.4. The predicted molar refractivity (Wildman–Crippen MR) is 213 cm³/mol. The molecule has 51 heavy (non-hydrogen) atoms. The van der Waals surface area contributed by atoms with Crippen LogP contribution in [0.15, 0.2) is 170 Å². The molecule has 0 unspecified atom stereocenters. The van der Waals surface area contributed by atoms with Gasteiger partial charge in [-0.1, -0.05) is 133 Å². The molecular formula is C46H28N4S. The van der Waals surface area contributed by atoms with E-state index in [0.29, 0.717) is 17.5 Å². The molecule has 10 aromatic rings. The second kappa shape index (κ2) is 12.1. The van der Waals surface area contributed by atoms with Crippen LogP contribution < -0.4 is 0 Å². The Morgan fingerprint density at radius 3 is 1.63 bits per heavy atom. The first-order valence-electron chi connectivity index (χ1n) is 17.0. The Bertz CT molecular complexity index is 2840. The van der Waals surface area contributed by atoms with Gasteiger partial charge in [-0.25, -0.2) is 15.0 Å². The minimum Gasteiger partial charge on any atom is -0.256 e. The van der Waals surface area contributed by atoms with Crippen LogP contribution in [-0.4, -0.2) is 19.9 Å². The normalized spacial score (nSPS) is 11.5. The molecule has 0 atom stereocenters. The van der Waals surface area contributed by atoms with E-state index < -0.39 is 0 Å². The summed E-state index contributed by atoms with van der Waals surface area (Å²) in [5.41, 5.74) is 8.61. The van der Waals surface area contributed by atoms with E-state index in [4.69, 9.17) is 19.9 Å². The lowest BCUT2D eigenvalue weighted by molar-refractivity contribution is 1.07. The summed E-state index contributed by atoms with van der Waals surface area (Å²) >= 11 is 1.85. The summed E-state index contributed by atoms with van der Waals surface area (Å²) in [6.45, 7) is 0. The van der Waals surface area contributed by atoms with E-state index in [0.717, 1.165) is 38.5 Å². The third-order valence-electron chi connectivity index (χ3n) is 9.55. The average Bonchev–Trinajstić information content (AvgIpc) is 3.59. The topological polar surface area (TPSA) is 51.6 Å². The Labute approximate surface area is 298 Å². The summed E-state index contributed by atoms with van der Waals surface area (Å²) in [5, 5.41) is 6.03. The number of rotatable bonds is 5. The molecule has 0 spiro atoms. The highest BCUT2D eigenvalue weighted by Gasteiger charge is 2.17. The van der Waals surface area contributed by atoms with Crippen molar-refractivity contribution >= 4 is 53.2 Å². The minimum atomic E-state index is 0.645. The first-order valence-corrected chi connectivity index (χ1v) is 17.8. The minimum absolute atomic E-state index is 0.645. The standard InChI is InChI=1S/C46H28N4S/c1-3-12-30(13-4-1)44-48-45(31-14-5-2-6-15-31)50-46(49-44)32-23-21-29(22-24-32)39-27-34(28-40-36-18-9-10-20-41(36)51-43(39)40)38-26-33-16-11-25-47-42(33)37-19-8-7-17-35(37)38/h1-28H. The molecule has 0 saturated carbocycles. The van der Waals surface area contributed by atoms with Crippen molar-refractivity contribution in [3.05, 3.63) is 170 Å². The van der Waals surface area contributed by atoms with Crippen molar-refractivity contribution in [2.45, 2.75) is 0 Å². The lowest BCUT2D eigenvalue weighted by atomic mass is 9.91. The Hall–Kier alpha value is -6.56. The van der Waals surface area contributed by atoms with Crippen LogP contribution in [0.1, 0.15) is 0 Å². The molecule has 0 amide bonds. The smallest absolute Gasteiger partial charge is 0.164 e. The van der Waals surface area contributed by atoms with Crippen molar-refractivity contribution in [3.8, 4) is 56.4 Å². The zero-order chi connectivity index (χ0) is 33.7. The Balaban J connectivity index is 1.15. The van der Waals surface area contributed by atoms with E-state index in [-0.39, 0.29) is 0 Å². The highest BCUT2D eigenvalue weighted by atomic mass is 32.1. The van der Waals surface area contributed by atoms with Crippen molar-refractivity contribution in [2.75, 3.05) is 0 Å². The van der Waals surface area contributed by atoms with Gasteiger partial charge in [0.25, 0.3) is 0 Å². The Morgan fingerprint density at radius 1 is 0.373 bits per heavy atom. The zero-order valence-corrected chi connectivity index (χ0v) is 28.2. The molecule has 4 nitrogen and oxygen atoms in total. The van der Waals surface area contributed by atoms with E-state index in [1.165, 1.54) is 42.2 Å². The SMILES string of the molecule is c1ccc(-c2nc(-c3ccccc3)nc(-c3ccc(-c4cc(-c5cc6cccnc6c6ccccc56)cc5c4sc4ccccc45)cc3)n2)cc1. The van der Waals surface area contributed by atoms with Gasteiger partial charge in [0.2, 0.25) is 0 Å². The van der Waals surface area contributed by atoms with Gasteiger partial charge in [-0.3, -0.25) is 4.98 Å². The maximum Gasteiger partial charge on any atom is 0.164 e. The summed E-state index contributed by atoms with van der Waals surface area (Å²) in [4.78, 5) is 19.6. The molecule has 0 aliphatic carbocycles. The van der Waals surface area contributed by atoms with Crippen LogP contribution in [0.3, 0.4) is 0 Å². The van der Waals surface area contributed by atoms with Gasteiger partial charge >= 0.3 is 0 Å². The van der Waals surface area contributed by atoms with Gasteiger partial charge in [-0.05, 0) is 52.4 Å². The van der Waals surface area contributed by atoms with Crippen molar-refractivity contribution in [2.24, 2.45) is 0 Å². The Morgan fingerprint density at radius 2 is 0.941 bits per heavy atom. The molecule has 0 fully saturated rings. The number of aromatic nitrogens is 4. The maximum atomic E-state index is 4.96. The lowest BCUT2D eigenvalue weighted by Gasteiger charge is -2.13. The van der Waals surface area contributed by atoms with Crippen molar-refractivity contribution in [1.29, 1.82) is 0 Å². The van der Waals surface area contributed by atoms with Gasteiger partial charge in [0, 0.05) is 59.4 Å². The second-order valence-electron chi connectivity index (χ2n) is 12.7. The summed E-state index contributed by atoms with van der Waals surface area (Å²) in [6.07, 6.45) is 1.88. The molecule has 0 saturated heterocycles. The van der Waals surface area contributed by atoms with E-state index in [1.807, 2.05) is 84.3 Å². The third-order valence-corrected chi connectivity index (χ3v) is 10.8. The predicted octanol–water partition coefficient (Wildman–Crippen LogP) is 12.3. The van der Waals surface area contributed by atoms with E-state index in [1.54, 1.807) is 0 Å². The molecule has 0 N–H and O–H groups in total. The van der Waals surface area contributed by atoms with Crippen LogP contribution in [0.25, 0.3) is 98.3 Å². The number of fused-ring (bicyclic) bond motifs is 6. The Kier molecular flexibility index (Phi) is 6.96. The van der Waals surface area contributed by atoms with Crippen LogP contribution in [0.5, 0.6) is 0 Å². The van der Waals surface area contributed by atoms with Crippen LogP contribution in [0.2, 0.25) is 0 Å². The van der Waals surface area contributed by atoms with Crippen LogP contribution in [-0.2, 0) is 0 Å².